The first-order valence-electron chi connectivity index (χ1n) is 6.31. The van der Waals surface area contributed by atoms with Gasteiger partial charge in [-0.25, -0.2) is 4.39 Å². The Kier molecular flexibility index (Phi) is 3.39. The highest BCUT2D eigenvalue weighted by Crippen LogP contribution is 2.28. The van der Waals surface area contributed by atoms with E-state index in [9.17, 15) is 9.18 Å². The van der Waals surface area contributed by atoms with E-state index in [4.69, 9.17) is 16.0 Å². The molecular formula is C16H11ClFNO2. The summed E-state index contributed by atoms with van der Waals surface area (Å²) in [7, 11) is 0. The van der Waals surface area contributed by atoms with E-state index in [1.54, 1.807) is 43.3 Å². The summed E-state index contributed by atoms with van der Waals surface area (Å²) in [6.45, 7) is 1.72. The molecule has 1 amide bonds. The smallest absolute Gasteiger partial charge is 0.291 e. The first-order valence-corrected chi connectivity index (χ1v) is 6.68. The van der Waals surface area contributed by atoms with Crippen LogP contribution < -0.4 is 5.32 Å². The molecule has 0 aliphatic carbocycles. The monoisotopic (exact) mass is 303 g/mol. The van der Waals surface area contributed by atoms with E-state index < -0.39 is 11.7 Å². The number of carbonyl (C=O) groups is 1. The second-order valence-corrected chi connectivity index (χ2v) is 5.07. The highest BCUT2D eigenvalue weighted by atomic mass is 35.5. The van der Waals surface area contributed by atoms with Gasteiger partial charge in [0.05, 0.1) is 0 Å². The molecular weight excluding hydrogens is 293 g/mol. The number of fused-ring (bicyclic) bond motifs is 1. The molecule has 0 saturated heterocycles. The van der Waals surface area contributed by atoms with Gasteiger partial charge >= 0.3 is 0 Å². The zero-order valence-corrected chi connectivity index (χ0v) is 11.9. The molecule has 0 spiro atoms. The van der Waals surface area contributed by atoms with Crippen LogP contribution in [0.25, 0.3) is 11.0 Å². The lowest BCUT2D eigenvalue weighted by molar-refractivity contribution is 0.0997. The zero-order chi connectivity index (χ0) is 15.0. The Morgan fingerprint density at radius 2 is 2.00 bits per heavy atom. The fourth-order valence-electron chi connectivity index (χ4n) is 2.18. The summed E-state index contributed by atoms with van der Waals surface area (Å²) < 4.78 is 19.1. The Labute approximate surface area is 125 Å². The number of hydrogen-bond donors (Lipinski definition) is 1. The molecule has 0 fully saturated rings. The maximum atomic E-state index is 13.7. The van der Waals surface area contributed by atoms with Crippen LogP contribution in [-0.4, -0.2) is 5.91 Å². The van der Waals surface area contributed by atoms with Crippen LogP contribution in [-0.2, 0) is 0 Å². The molecule has 1 aromatic heterocycles. The van der Waals surface area contributed by atoms with E-state index in [1.807, 2.05) is 0 Å². The van der Waals surface area contributed by atoms with Crippen molar-refractivity contribution in [2.75, 3.05) is 5.32 Å². The van der Waals surface area contributed by atoms with Gasteiger partial charge in [-0.05, 0) is 31.2 Å². The molecule has 0 aliphatic rings. The third kappa shape index (κ3) is 2.50. The van der Waals surface area contributed by atoms with Gasteiger partial charge in [0.25, 0.3) is 5.91 Å². The van der Waals surface area contributed by atoms with Gasteiger partial charge < -0.3 is 9.73 Å². The lowest BCUT2D eigenvalue weighted by atomic mass is 10.1. The first kappa shape index (κ1) is 13.6. The van der Waals surface area contributed by atoms with Gasteiger partial charge in [-0.3, -0.25) is 4.79 Å². The summed E-state index contributed by atoms with van der Waals surface area (Å²) in [5.41, 5.74) is 1.24. The number of anilines is 1. The molecule has 0 atom stereocenters. The second-order valence-electron chi connectivity index (χ2n) is 4.64. The summed E-state index contributed by atoms with van der Waals surface area (Å²) >= 11 is 5.87. The Hall–Kier alpha value is -2.33. The molecule has 3 nitrogen and oxygen atoms in total. The summed E-state index contributed by atoms with van der Waals surface area (Å²) in [6, 6.07) is 11.4. The van der Waals surface area contributed by atoms with Crippen molar-refractivity contribution in [1.29, 1.82) is 0 Å². The third-order valence-corrected chi connectivity index (χ3v) is 3.44. The fraction of sp³-hybridized carbons (Fsp3) is 0.0625. The van der Waals surface area contributed by atoms with Crippen LogP contribution in [0.3, 0.4) is 0 Å². The van der Waals surface area contributed by atoms with Crippen LogP contribution in [0.15, 0.2) is 46.9 Å². The van der Waals surface area contributed by atoms with Gasteiger partial charge in [0.2, 0.25) is 0 Å². The minimum absolute atomic E-state index is 0.0891. The van der Waals surface area contributed by atoms with Crippen molar-refractivity contribution >= 4 is 34.2 Å². The predicted octanol–water partition coefficient (Wildman–Crippen LogP) is 4.79. The fourth-order valence-corrected chi connectivity index (χ4v) is 2.37. The molecule has 3 aromatic rings. The van der Waals surface area contributed by atoms with E-state index in [-0.39, 0.29) is 11.3 Å². The molecule has 2 aromatic carbocycles. The average molecular weight is 304 g/mol. The molecule has 0 aliphatic heterocycles. The summed E-state index contributed by atoms with van der Waals surface area (Å²) in [6.07, 6.45) is 0. The summed E-state index contributed by atoms with van der Waals surface area (Å²) in [5.74, 6) is -0.835. The van der Waals surface area contributed by atoms with Crippen LogP contribution in [0.4, 0.5) is 10.1 Å². The molecule has 21 heavy (non-hydrogen) atoms. The lowest BCUT2D eigenvalue weighted by Crippen LogP contribution is -2.11. The standard InChI is InChI=1S/C16H11ClFNO2/c1-9-12-6-3-7-13(18)15(12)21-14(9)16(20)19-11-5-2-4-10(17)8-11/h2-8H,1H3,(H,19,20). The number of amides is 1. The van der Waals surface area contributed by atoms with Crippen LogP contribution in [0.1, 0.15) is 16.1 Å². The Morgan fingerprint density at radius 3 is 2.71 bits per heavy atom. The quantitative estimate of drug-likeness (QED) is 0.740. The molecule has 1 heterocycles. The molecule has 1 N–H and O–H groups in total. The van der Waals surface area contributed by atoms with Gasteiger partial charge in [-0.2, -0.15) is 0 Å². The van der Waals surface area contributed by atoms with E-state index in [0.717, 1.165) is 0 Å². The molecule has 0 bridgehead atoms. The molecule has 0 unspecified atom stereocenters. The SMILES string of the molecule is Cc1c(C(=O)Nc2cccc(Cl)c2)oc2c(F)cccc12. The van der Waals surface area contributed by atoms with Crippen molar-refractivity contribution in [2.45, 2.75) is 6.92 Å². The summed E-state index contributed by atoms with van der Waals surface area (Å²) in [4.78, 5) is 12.3. The minimum Gasteiger partial charge on any atom is -0.448 e. The minimum atomic E-state index is -0.489. The number of rotatable bonds is 2. The van der Waals surface area contributed by atoms with Crippen molar-refractivity contribution in [3.05, 3.63) is 64.6 Å². The van der Waals surface area contributed by atoms with Gasteiger partial charge in [-0.1, -0.05) is 29.8 Å². The normalized spacial score (nSPS) is 10.8. The van der Waals surface area contributed by atoms with Crippen LogP contribution >= 0.6 is 11.6 Å². The maximum Gasteiger partial charge on any atom is 0.291 e. The third-order valence-electron chi connectivity index (χ3n) is 3.20. The molecule has 0 saturated carbocycles. The number of para-hydroxylation sites is 1. The van der Waals surface area contributed by atoms with Crippen molar-refractivity contribution in [1.82, 2.24) is 0 Å². The van der Waals surface area contributed by atoms with Gasteiger partial charge in [0.1, 0.15) is 0 Å². The van der Waals surface area contributed by atoms with Crippen LogP contribution in [0.5, 0.6) is 0 Å². The zero-order valence-electron chi connectivity index (χ0n) is 11.1. The average Bonchev–Trinajstić information content (AvgIpc) is 2.78. The summed E-state index contributed by atoms with van der Waals surface area (Å²) in [5, 5.41) is 3.78. The number of hydrogen-bond acceptors (Lipinski definition) is 2. The van der Waals surface area contributed by atoms with Crippen LogP contribution in [0.2, 0.25) is 5.02 Å². The number of aryl methyl sites for hydroxylation is 1. The molecule has 5 heteroatoms. The van der Waals surface area contributed by atoms with Gasteiger partial charge in [0.15, 0.2) is 17.2 Å². The Balaban J connectivity index is 1.98. The number of benzene rings is 2. The van der Waals surface area contributed by atoms with E-state index >= 15 is 0 Å². The van der Waals surface area contributed by atoms with E-state index in [0.29, 0.717) is 21.7 Å². The Bertz CT molecular complexity index is 841. The number of carbonyl (C=O) groups excluding carboxylic acids is 1. The van der Waals surface area contributed by atoms with Crippen LogP contribution in [0, 0.1) is 12.7 Å². The second kappa shape index (κ2) is 5.22. The first-order chi connectivity index (χ1) is 10.1. The lowest BCUT2D eigenvalue weighted by Gasteiger charge is -2.03. The van der Waals surface area contributed by atoms with E-state index in [1.165, 1.54) is 6.07 Å². The van der Waals surface area contributed by atoms with Crippen molar-refractivity contribution in [3.8, 4) is 0 Å². The highest BCUT2D eigenvalue weighted by molar-refractivity contribution is 6.31. The number of furan rings is 1. The maximum absolute atomic E-state index is 13.7. The molecule has 106 valence electrons. The number of nitrogens with one attached hydrogen (secondary N) is 1. The van der Waals surface area contributed by atoms with Crippen molar-refractivity contribution in [2.24, 2.45) is 0 Å². The largest absolute Gasteiger partial charge is 0.448 e. The number of halogens is 2. The van der Waals surface area contributed by atoms with Gasteiger partial charge in [0, 0.05) is 21.7 Å². The Morgan fingerprint density at radius 1 is 1.24 bits per heavy atom. The molecule has 3 rings (SSSR count). The predicted molar refractivity (Wildman–Crippen MR) is 80.3 cm³/mol. The van der Waals surface area contributed by atoms with Crippen molar-refractivity contribution in [3.63, 3.8) is 0 Å². The molecule has 0 radical (unpaired) electrons. The van der Waals surface area contributed by atoms with E-state index in [2.05, 4.69) is 5.32 Å². The topological polar surface area (TPSA) is 42.2 Å². The highest BCUT2D eigenvalue weighted by Gasteiger charge is 2.19. The van der Waals surface area contributed by atoms with Gasteiger partial charge in [-0.15, -0.1) is 0 Å². The van der Waals surface area contributed by atoms with Crippen molar-refractivity contribution < 1.29 is 13.6 Å².